The molecule has 1 heterocycles. The quantitative estimate of drug-likeness (QED) is 0.488. The van der Waals surface area contributed by atoms with E-state index in [9.17, 15) is 14.4 Å². The third kappa shape index (κ3) is 5.55. The van der Waals surface area contributed by atoms with Crippen molar-refractivity contribution in [1.82, 2.24) is 10.0 Å². The van der Waals surface area contributed by atoms with Crippen LogP contribution in [0.15, 0.2) is 29.3 Å². The summed E-state index contributed by atoms with van der Waals surface area (Å²) in [5, 5.41) is 1.80. The van der Waals surface area contributed by atoms with Gasteiger partial charge in [-0.2, -0.15) is 10.0 Å². The van der Waals surface area contributed by atoms with E-state index in [1.807, 2.05) is 0 Å². The first-order valence-electron chi connectivity index (χ1n) is 10.6. The zero-order chi connectivity index (χ0) is 25.2. The van der Waals surface area contributed by atoms with Crippen molar-refractivity contribution in [3.8, 4) is 5.75 Å². The molecule has 10 heteroatoms. The number of carbonyl (C=O) groups excluding carboxylic acids is 3. The number of hydrogen-bond acceptors (Lipinski definition) is 8. The van der Waals surface area contributed by atoms with Crippen LogP contribution < -0.4 is 4.74 Å². The first-order valence-corrected chi connectivity index (χ1v) is 10.6. The summed E-state index contributed by atoms with van der Waals surface area (Å²) in [5.74, 6) is -0.210. The molecule has 0 saturated carbocycles. The van der Waals surface area contributed by atoms with Gasteiger partial charge in [-0.05, 0) is 65.8 Å². The molecule has 2 rings (SSSR count). The highest BCUT2D eigenvalue weighted by Crippen LogP contribution is 2.36. The Labute approximate surface area is 194 Å². The number of carbonyl (C=O) groups is 3. The van der Waals surface area contributed by atoms with Crippen molar-refractivity contribution in [2.45, 2.75) is 71.8 Å². The number of methoxy groups -OCH3 is 2. The zero-order valence-electron chi connectivity index (χ0n) is 20.7. The van der Waals surface area contributed by atoms with Gasteiger partial charge in [-0.3, -0.25) is 0 Å². The number of aliphatic imine (C=N–C) groups is 1. The molecule has 0 aromatic heterocycles. The number of ether oxygens (including phenoxy) is 4. The van der Waals surface area contributed by atoms with Crippen LogP contribution in [0.2, 0.25) is 0 Å². The molecule has 1 aliphatic rings. The average molecular weight is 464 g/mol. The molecule has 0 N–H and O–H groups in total. The minimum Gasteiger partial charge on any atom is -0.497 e. The van der Waals surface area contributed by atoms with Gasteiger partial charge in [0.2, 0.25) is 0 Å². The molecule has 0 bridgehead atoms. The average Bonchev–Trinajstić information content (AvgIpc) is 3.07. The number of amidine groups is 1. The summed E-state index contributed by atoms with van der Waals surface area (Å²) >= 11 is 0. The van der Waals surface area contributed by atoms with Gasteiger partial charge in [0.1, 0.15) is 17.0 Å². The fourth-order valence-electron chi connectivity index (χ4n) is 3.14. The second kappa shape index (κ2) is 9.29. The van der Waals surface area contributed by atoms with Gasteiger partial charge in [-0.1, -0.05) is 6.92 Å². The Morgan fingerprint density at radius 2 is 1.42 bits per heavy atom. The van der Waals surface area contributed by atoms with Crippen LogP contribution in [-0.4, -0.2) is 65.1 Å². The van der Waals surface area contributed by atoms with E-state index in [4.69, 9.17) is 18.9 Å². The van der Waals surface area contributed by atoms with E-state index in [0.717, 1.165) is 10.0 Å². The molecule has 10 nitrogen and oxygen atoms in total. The normalized spacial score (nSPS) is 18.5. The monoisotopic (exact) mass is 463 g/mol. The summed E-state index contributed by atoms with van der Waals surface area (Å²) in [5.41, 5.74) is -3.21. The standard InChI is InChI=1S/C23H33N3O7/c1-10-23(18(27)31-9)24-17(15-11-13-16(30-8)14-12-15)25(19(28)32-21(2,3)4)26(23)20(29)33-22(5,6)7/h11-14H,10H2,1-9H3/t23-/m1/s1. The molecule has 182 valence electrons. The predicted octanol–water partition coefficient (Wildman–Crippen LogP) is 4.12. The van der Waals surface area contributed by atoms with Crippen LogP contribution in [0.25, 0.3) is 0 Å². The molecule has 1 aromatic rings. The number of hydrazine groups is 1. The van der Waals surface area contributed by atoms with Gasteiger partial charge < -0.3 is 18.9 Å². The summed E-state index contributed by atoms with van der Waals surface area (Å²) in [7, 11) is 2.71. The van der Waals surface area contributed by atoms with Crippen molar-refractivity contribution in [2.75, 3.05) is 14.2 Å². The van der Waals surface area contributed by atoms with E-state index >= 15 is 0 Å². The molecular weight excluding hydrogens is 430 g/mol. The van der Waals surface area contributed by atoms with Crippen LogP contribution in [0.5, 0.6) is 5.75 Å². The molecule has 0 radical (unpaired) electrons. The molecule has 1 atom stereocenters. The Kier molecular flexibility index (Phi) is 7.30. The summed E-state index contributed by atoms with van der Waals surface area (Å²) < 4.78 is 21.3. The molecule has 1 aliphatic heterocycles. The Balaban J connectivity index is 2.75. The van der Waals surface area contributed by atoms with E-state index in [2.05, 4.69) is 4.99 Å². The number of amides is 2. The summed E-state index contributed by atoms with van der Waals surface area (Å²) in [6, 6.07) is 6.66. The van der Waals surface area contributed by atoms with Gasteiger partial charge in [0, 0.05) is 12.0 Å². The third-order valence-corrected chi connectivity index (χ3v) is 4.53. The van der Waals surface area contributed by atoms with Gasteiger partial charge in [0.15, 0.2) is 5.84 Å². The van der Waals surface area contributed by atoms with Crippen LogP contribution >= 0.6 is 0 Å². The van der Waals surface area contributed by atoms with Crippen LogP contribution in [0.1, 0.15) is 60.5 Å². The summed E-state index contributed by atoms with van der Waals surface area (Å²) in [6.45, 7) is 11.8. The number of rotatable bonds is 4. The molecule has 1 aromatic carbocycles. The Hall–Kier alpha value is -3.30. The second-order valence-corrected chi connectivity index (χ2v) is 9.41. The molecular formula is C23H33N3O7. The fourth-order valence-corrected chi connectivity index (χ4v) is 3.14. The maximum absolute atomic E-state index is 13.4. The van der Waals surface area contributed by atoms with E-state index in [1.165, 1.54) is 14.2 Å². The van der Waals surface area contributed by atoms with Gasteiger partial charge in [0.05, 0.1) is 14.2 Å². The minimum absolute atomic E-state index is 0.0118. The minimum atomic E-state index is -1.87. The predicted molar refractivity (Wildman–Crippen MR) is 121 cm³/mol. The van der Waals surface area contributed by atoms with Crippen molar-refractivity contribution in [2.24, 2.45) is 4.99 Å². The van der Waals surface area contributed by atoms with Gasteiger partial charge in [-0.25, -0.2) is 19.4 Å². The lowest BCUT2D eigenvalue weighted by atomic mass is 10.1. The smallest absolute Gasteiger partial charge is 0.435 e. The van der Waals surface area contributed by atoms with Crippen molar-refractivity contribution in [1.29, 1.82) is 0 Å². The first-order chi connectivity index (χ1) is 15.2. The highest BCUT2D eigenvalue weighted by molar-refractivity contribution is 6.11. The lowest BCUT2D eigenvalue weighted by Crippen LogP contribution is -2.61. The summed E-state index contributed by atoms with van der Waals surface area (Å²) in [4.78, 5) is 44.3. The third-order valence-electron chi connectivity index (χ3n) is 4.53. The molecule has 0 saturated heterocycles. The summed E-state index contributed by atoms with van der Waals surface area (Å²) in [6.07, 6.45) is -1.84. The molecule has 0 spiro atoms. The van der Waals surface area contributed by atoms with E-state index < -0.39 is 35.0 Å². The highest BCUT2D eigenvalue weighted by Gasteiger charge is 2.59. The molecule has 0 unspecified atom stereocenters. The Bertz CT molecular complexity index is 929. The number of esters is 1. The number of hydrogen-bond donors (Lipinski definition) is 0. The molecule has 0 fully saturated rings. The Morgan fingerprint density at radius 1 is 0.909 bits per heavy atom. The van der Waals surface area contributed by atoms with Crippen molar-refractivity contribution in [3.05, 3.63) is 29.8 Å². The lowest BCUT2D eigenvalue weighted by molar-refractivity contribution is -0.160. The largest absolute Gasteiger partial charge is 0.497 e. The van der Waals surface area contributed by atoms with Crippen LogP contribution in [0, 0.1) is 0 Å². The van der Waals surface area contributed by atoms with Crippen molar-refractivity contribution < 1.29 is 33.3 Å². The lowest BCUT2D eigenvalue weighted by Gasteiger charge is -2.38. The van der Waals surface area contributed by atoms with Gasteiger partial charge in [-0.15, -0.1) is 0 Å². The van der Waals surface area contributed by atoms with Crippen LogP contribution in [0.4, 0.5) is 9.59 Å². The molecule has 2 amide bonds. The Morgan fingerprint density at radius 3 is 1.85 bits per heavy atom. The van der Waals surface area contributed by atoms with E-state index in [0.29, 0.717) is 11.3 Å². The highest BCUT2D eigenvalue weighted by atomic mass is 16.6. The van der Waals surface area contributed by atoms with Crippen LogP contribution in [0.3, 0.4) is 0 Å². The SMILES string of the molecule is CC[C@@]1(C(=O)OC)N=C(c2ccc(OC)cc2)N(C(=O)OC(C)(C)C)N1C(=O)OC(C)(C)C. The van der Waals surface area contributed by atoms with Crippen molar-refractivity contribution >= 4 is 24.0 Å². The zero-order valence-corrected chi connectivity index (χ0v) is 20.7. The van der Waals surface area contributed by atoms with E-state index in [1.54, 1.807) is 72.7 Å². The molecule has 0 aliphatic carbocycles. The maximum Gasteiger partial charge on any atom is 0.435 e. The molecule has 33 heavy (non-hydrogen) atoms. The topological polar surface area (TPSA) is 107 Å². The van der Waals surface area contributed by atoms with Gasteiger partial charge >= 0.3 is 18.2 Å². The van der Waals surface area contributed by atoms with Crippen molar-refractivity contribution in [3.63, 3.8) is 0 Å². The van der Waals surface area contributed by atoms with Crippen LogP contribution in [-0.2, 0) is 19.0 Å². The first kappa shape index (κ1) is 26.0. The van der Waals surface area contributed by atoms with E-state index in [-0.39, 0.29) is 12.3 Å². The maximum atomic E-state index is 13.4. The number of nitrogens with zero attached hydrogens (tertiary/aromatic N) is 3. The number of benzene rings is 1. The fraction of sp³-hybridized carbons (Fsp3) is 0.565. The van der Waals surface area contributed by atoms with Gasteiger partial charge in [0.25, 0.3) is 5.66 Å². The second-order valence-electron chi connectivity index (χ2n) is 9.41.